The minimum atomic E-state index is 0.129. The molecule has 1 aromatic carbocycles. The second kappa shape index (κ2) is 5.22. The Hall–Kier alpha value is -2.54. The number of hydrogen-bond donors (Lipinski definition) is 2. The zero-order valence-corrected chi connectivity index (χ0v) is 11.9. The summed E-state index contributed by atoms with van der Waals surface area (Å²) >= 11 is 0. The van der Waals surface area contributed by atoms with Crippen LogP contribution in [0.4, 0.5) is 17.2 Å². The second-order valence-electron chi connectivity index (χ2n) is 5.73. The summed E-state index contributed by atoms with van der Waals surface area (Å²) in [5, 5.41) is 11.9. The van der Waals surface area contributed by atoms with Crippen molar-refractivity contribution in [3.05, 3.63) is 47.7 Å². The van der Waals surface area contributed by atoms with E-state index in [1.54, 1.807) is 6.07 Å². The van der Waals surface area contributed by atoms with E-state index in [0.29, 0.717) is 17.1 Å². The molecule has 0 atom stereocenters. The lowest BCUT2D eigenvalue weighted by Crippen LogP contribution is -2.10. The fraction of sp³-hybridized carbons (Fsp3) is 0.250. The summed E-state index contributed by atoms with van der Waals surface area (Å²) in [6.07, 6.45) is 1.50. The summed E-state index contributed by atoms with van der Waals surface area (Å²) in [5.41, 5.74) is 9.10. The lowest BCUT2D eigenvalue weighted by Gasteiger charge is -2.19. The van der Waals surface area contributed by atoms with Crippen molar-refractivity contribution in [2.45, 2.75) is 26.2 Å². The molecule has 3 N–H and O–H groups in total. The molecule has 2 aromatic rings. The molecule has 0 unspecified atom stereocenters. The van der Waals surface area contributed by atoms with E-state index < -0.39 is 0 Å². The number of pyridine rings is 1. The van der Waals surface area contributed by atoms with Crippen LogP contribution < -0.4 is 11.1 Å². The molecule has 0 radical (unpaired) electrons. The molecule has 4 nitrogen and oxygen atoms in total. The lowest BCUT2D eigenvalue weighted by molar-refractivity contribution is 0.590. The summed E-state index contributed by atoms with van der Waals surface area (Å²) in [7, 11) is 0. The highest BCUT2D eigenvalue weighted by Crippen LogP contribution is 2.26. The number of nitrogens with two attached hydrogens (primary N) is 1. The molecule has 2 rings (SSSR count). The van der Waals surface area contributed by atoms with Gasteiger partial charge in [0.2, 0.25) is 0 Å². The maximum absolute atomic E-state index is 8.78. The summed E-state index contributed by atoms with van der Waals surface area (Å²) in [6, 6.07) is 11.8. The topological polar surface area (TPSA) is 74.7 Å². The van der Waals surface area contributed by atoms with Gasteiger partial charge >= 0.3 is 0 Å². The van der Waals surface area contributed by atoms with Crippen LogP contribution in [0.5, 0.6) is 0 Å². The molecule has 0 fully saturated rings. The number of nitrogens with zero attached hydrogens (tertiary/aromatic N) is 2. The molecule has 1 aromatic heterocycles. The van der Waals surface area contributed by atoms with E-state index in [9.17, 15) is 0 Å². The van der Waals surface area contributed by atoms with Gasteiger partial charge in [-0.1, -0.05) is 32.9 Å². The highest BCUT2D eigenvalue weighted by Gasteiger charge is 2.13. The number of anilines is 3. The predicted molar refractivity (Wildman–Crippen MR) is 81.8 cm³/mol. The molecule has 102 valence electrons. The maximum Gasteiger partial charge on any atom is 0.153 e. The fourth-order valence-corrected chi connectivity index (χ4v) is 1.84. The molecule has 0 aliphatic carbocycles. The Morgan fingerprint density at radius 2 is 1.85 bits per heavy atom. The van der Waals surface area contributed by atoms with Crippen LogP contribution in [0.25, 0.3) is 0 Å². The Morgan fingerprint density at radius 3 is 2.35 bits per heavy atom. The predicted octanol–water partition coefficient (Wildman–Crippen LogP) is 3.58. The molecule has 0 amide bonds. The second-order valence-corrected chi connectivity index (χ2v) is 5.73. The van der Waals surface area contributed by atoms with Gasteiger partial charge in [-0.15, -0.1) is 0 Å². The van der Waals surface area contributed by atoms with Crippen molar-refractivity contribution < 1.29 is 0 Å². The SMILES string of the molecule is CC(C)(C)c1ccc(Nc2ncc(C#N)cc2N)cc1. The lowest BCUT2D eigenvalue weighted by atomic mass is 9.87. The van der Waals surface area contributed by atoms with Gasteiger partial charge in [-0.25, -0.2) is 4.98 Å². The van der Waals surface area contributed by atoms with Crippen molar-refractivity contribution in [1.29, 1.82) is 5.26 Å². The number of aromatic nitrogens is 1. The zero-order chi connectivity index (χ0) is 14.8. The van der Waals surface area contributed by atoms with E-state index in [1.165, 1.54) is 11.8 Å². The number of nitrogens with one attached hydrogen (secondary N) is 1. The van der Waals surface area contributed by atoms with E-state index in [-0.39, 0.29) is 5.41 Å². The first-order chi connectivity index (χ1) is 9.40. The van der Waals surface area contributed by atoms with Crippen molar-refractivity contribution in [1.82, 2.24) is 4.98 Å². The first-order valence-electron chi connectivity index (χ1n) is 6.43. The smallest absolute Gasteiger partial charge is 0.153 e. The molecule has 0 saturated heterocycles. The average Bonchev–Trinajstić information content (AvgIpc) is 2.40. The van der Waals surface area contributed by atoms with Gasteiger partial charge in [0.05, 0.1) is 11.3 Å². The molecule has 0 saturated carbocycles. The molecule has 4 heteroatoms. The molecule has 20 heavy (non-hydrogen) atoms. The van der Waals surface area contributed by atoms with Gasteiger partial charge < -0.3 is 11.1 Å². The Labute approximate surface area is 119 Å². The number of nitrogen functional groups attached to an aromatic ring is 1. The van der Waals surface area contributed by atoms with Gasteiger partial charge in [0.25, 0.3) is 0 Å². The fourth-order valence-electron chi connectivity index (χ4n) is 1.84. The molecule has 0 spiro atoms. The van der Waals surface area contributed by atoms with Gasteiger partial charge in [-0.05, 0) is 29.2 Å². The third-order valence-corrected chi connectivity index (χ3v) is 3.06. The molecule has 0 bridgehead atoms. The monoisotopic (exact) mass is 266 g/mol. The third-order valence-electron chi connectivity index (χ3n) is 3.06. The summed E-state index contributed by atoms with van der Waals surface area (Å²) in [5.74, 6) is 0.563. The van der Waals surface area contributed by atoms with Crippen molar-refractivity contribution in [3.8, 4) is 6.07 Å². The van der Waals surface area contributed by atoms with E-state index in [1.807, 2.05) is 18.2 Å². The van der Waals surface area contributed by atoms with Crippen molar-refractivity contribution in [2.24, 2.45) is 0 Å². The first-order valence-corrected chi connectivity index (χ1v) is 6.43. The molecular formula is C16H18N4. The zero-order valence-electron chi connectivity index (χ0n) is 11.9. The van der Waals surface area contributed by atoms with Crippen LogP contribution in [-0.4, -0.2) is 4.98 Å². The minimum Gasteiger partial charge on any atom is -0.396 e. The van der Waals surface area contributed by atoms with Crippen LogP contribution in [-0.2, 0) is 5.41 Å². The first kappa shape index (κ1) is 13.9. The van der Waals surface area contributed by atoms with Crippen molar-refractivity contribution in [3.63, 3.8) is 0 Å². The molecule has 0 aliphatic heterocycles. The van der Waals surface area contributed by atoms with Crippen molar-refractivity contribution in [2.75, 3.05) is 11.1 Å². The highest BCUT2D eigenvalue weighted by molar-refractivity contribution is 5.69. The van der Waals surface area contributed by atoms with E-state index in [4.69, 9.17) is 11.0 Å². The molecule has 0 aliphatic rings. The van der Waals surface area contributed by atoms with Crippen LogP contribution in [0.3, 0.4) is 0 Å². The quantitative estimate of drug-likeness (QED) is 0.871. The van der Waals surface area contributed by atoms with Crippen LogP contribution in [0.2, 0.25) is 0 Å². The summed E-state index contributed by atoms with van der Waals surface area (Å²) in [6.45, 7) is 6.53. The van der Waals surface area contributed by atoms with Crippen LogP contribution in [0.1, 0.15) is 31.9 Å². The Kier molecular flexibility index (Phi) is 3.62. The largest absolute Gasteiger partial charge is 0.396 e. The third kappa shape index (κ3) is 3.07. The van der Waals surface area contributed by atoms with Gasteiger partial charge in [-0.2, -0.15) is 5.26 Å². The van der Waals surface area contributed by atoms with E-state index >= 15 is 0 Å². The Bertz CT molecular complexity index is 646. The number of hydrogen-bond acceptors (Lipinski definition) is 4. The average molecular weight is 266 g/mol. The standard InChI is InChI=1S/C16H18N4/c1-16(2,3)12-4-6-13(7-5-12)20-15-14(18)8-11(9-17)10-19-15/h4-8,10H,18H2,1-3H3,(H,19,20). The van der Waals surface area contributed by atoms with Crippen molar-refractivity contribution >= 4 is 17.2 Å². The molecular weight excluding hydrogens is 248 g/mol. The van der Waals surface area contributed by atoms with E-state index in [0.717, 1.165) is 5.69 Å². The number of nitriles is 1. The highest BCUT2D eigenvalue weighted by atomic mass is 15.0. The normalized spacial score (nSPS) is 10.9. The van der Waals surface area contributed by atoms with Crippen LogP contribution >= 0.6 is 0 Å². The minimum absolute atomic E-state index is 0.129. The van der Waals surface area contributed by atoms with Gasteiger partial charge in [0.1, 0.15) is 6.07 Å². The number of benzene rings is 1. The Balaban J connectivity index is 2.21. The number of rotatable bonds is 2. The van der Waals surface area contributed by atoms with E-state index in [2.05, 4.69) is 43.2 Å². The van der Waals surface area contributed by atoms with Gasteiger partial charge in [-0.3, -0.25) is 0 Å². The summed E-state index contributed by atoms with van der Waals surface area (Å²) in [4.78, 5) is 4.16. The molecule has 1 heterocycles. The Morgan fingerprint density at radius 1 is 1.20 bits per heavy atom. The van der Waals surface area contributed by atoms with Crippen LogP contribution in [0.15, 0.2) is 36.5 Å². The van der Waals surface area contributed by atoms with Crippen LogP contribution in [0, 0.1) is 11.3 Å². The maximum atomic E-state index is 8.78. The summed E-state index contributed by atoms with van der Waals surface area (Å²) < 4.78 is 0. The van der Waals surface area contributed by atoms with Gasteiger partial charge in [0, 0.05) is 11.9 Å². The van der Waals surface area contributed by atoms with Gasteiger partial charge in [0.15, 0.2) is 5.82 Å².